The summed E-state index contributed by atoms with van der Waals surface area (Å²) in [6.45, 7) is 3.37. The number of hydroxylamine groups is 2. The van der Waals surface area contributed by atoms with Gasteiger partial charge in [-0.05, 0) is 25.0 Å². The number of carbonyl (C=O) groups excluding carboxylic acids is 1. The summed E-state index contributed by atoms with van der Waals surface area (Å²) >= 11 is 0. The highest BCUT2D eigenvalue weighted by atomic mass is 16.7. The minimum absolute atomic E-state index is 0.0420. The van der Waals surface area contributed by atoms with Crippen molar-refractivity contribution in [2.45, 2.75) is 19.8 Å². The van der Waals surface area contributed by atoms with Crippen LogP contribution >= 0.6 is 0 Å². The van der Waals surface area contributed by atoms with Crippen molar-refractivity contribution in [1.29, 1.82) is 0 Å². The van der Waals surface area contributed by atoms with Crippen molar-refractivity contribution < 1.29 is 9.63 Å². The predicted molar refractivity (Wildman–Crippen MR) is 69.0 cm³/mol. The maximum Gasteiger partial charge on any atom is 0.250 e. The third-order valence-electron chi connectivity index (χ3n) is 3.39. The van der Waals surface area contributed by atoms with E-state index in [1.54, 1.807) is 0 Å². The third kappa shape index (κ3) is 1.88. The summed E-state index contributed by atoms with van der Waals surface area (Å²) in [5.41, 5.74) is 3.22. The molecule has 1 aliphatic rings. The molecule has 0 radical (unpaired) electrons. The van der Waals surface area contributed by atoms with E-state index < -0.39 is 0 Å². The van der Waals surface area contributed by atoms with Crippen molar-refractivity contribution in [2.24, 2.45) is 0 Å². The molecule has 1 N–H and O–H groups in total. The second-order valence-electron chi connectivity index (χ2n) is 4.63. The van der Waals surface area contributed by atoms with Crippen LogP contribution in [0, 0.1) is 6.92 Å². The number of nitrogens with zero attached hydrogens (tertiary/aromatic N) is 1. The minimum atomic E-state index is 0.0420. The molecule has 0 bridgehead atoms. The van der Waals surface area contributed by atoms with Gasteiger partial charge in [-0.1, -0.05) is 18.2 Å². The van der Waals surface area contributed by atoms with Crippen LogP contribution in [0.5, 0.6) is 0 Å². The van der Waals surface area contributed by atoms with Gasteiger partial charge in [0.1, 0.15) is 0 Å². The van der Waals surface area contributed by atoms with Crippen molar-refractivity contribution in [1.82, 2.24) is 10.0 Å². The van der Waals surface area contributed by atoms with Gasteiger partial charge in [0, 0.05) is 16.6 Å². The molecule has 0 atom stereocenters. The van der Waals surface area contributed by atoms with Crippen LogP contribution in [-0.2, 0) is 16.1 Å². The lowest BCUT2D eigenvalue weighted by molar-refractivity contribution is -0.167. The Morgan fingerprint density at radius 2 is 2.28 bits per heavy atom. The second kappa shape index (κ2) is 4.46. The van der Waals surface area contributed by atoms with E-state index in [-0.39, 0.29) is 5.91 Å². The van der Waals surface area contributed by atoms with E-state index >= 15 is 0 Å². The molecular weight excluding hydrogens is 228 g/mol. The monoisotopic (exact) mass is 244 g/mol. The molecule has 0 saturated carbocycles. The maximum atomic E-state index is 12.1. The fourth-order valence-electron chi connectivity index (χ4n) is 2.45. The quantitative estimate of drug-likeness (QED) is 0.880. The van der Waals surface area contributed by atoms with Gasteiger partial charge in [0.05, 0.1) is 19.6 Å². The summed E-state index contributed by atoms with van der Waals surface area (Å²) in [6.07, 6.45) is 1.33. The van der Waals surface area contributed by atoms with Crippen molar-refractivity contribution >= 4 is 16.8 Å². The van der Waals surface area contributed by atoms with Crippen molar-refractivity contribution in [3.8, 4) is 0 Å². The number of aromatic amines is 1. The summed E-state index contributed by atoms with van der Waals surface area (Å²) in [6, 6.07) is 8.07. The molecule has 18 heavy (non-hydrogen) atoms. The molecule has 2 aromatic rings. The summed E-state index contributed by atoms with van der Waals surface area (Å²) < 4.78 is 0. The van der Waals surface area contributed by atoms with Crippen LogP contribution in [0.2, 0.25) is 0 Å². The molecule has 0 spiro atoms. The van der Waals surface area contributed by atoms with Crippen LogP contribution in [-0.4, -0.2) is 29.1 Å². The van der Waals surface area contributed by atoms with E-state index in [9.17, 15) is 4.79 Å². The van der Waals surface area contributed by atoms with Crippen LogP contribution in [0.1, 0.15) is 17.7 Å². The number of nitrogens with one attached hydrogen (secondary N) is 1. The number of fused-ring (bicyclic) bond motifs is 1. The molecule has 0 aliphatic carbocycles. The lowest BCUT2D eigenvalue weighted by Crippen LogP contribution is -2.28. The standard InChI is InChI=1S/C14H16N2O2/c1-10-12(9-14(17)16-7-4-8-18-16)11-5-2-3-6-13(11)15-10/h2-3,5-6,15H,4,7-9H2,1H3. The smallest absolute Gasteiger partial charge is 0.250 e. The van der Waals surface area contributed by atoms with Gasteiger partial charge in [-0.25, -0.2) is 5.06 Å². The van der Waals surface area contributed by atoms with Gasteiger partial charge in [0.25, 0.3) is 5.91 Å². The average Bonchev–Trinajstić information content (AvgIpc) is 2.98. The van der Waals surface area contributed by atoms with Crippen molar-refractivity contribution in [2.75, 3.05) is 13.2 Å². The fourth-order valence-corrected chi connectivity index (χ4v) is 2.45. The van der Waals surface area contributed by atoms with Crippen LogP contribution in [0.15, 0.2) is 24.3 Å². The van der Waals surface area contributed by atoms with Gasteiger partial charge in [-0.15, -0.1) is 0 Å². The first-order valence-electron chi connectivity index (χ1n) is 6.25. The van der Waals surface area contributed by atoms with Crippen molar-refractivity contribution in [3.63, 3.8) is 0 Å². The van der Waals surface area contributed by atoms with Gasteiger partial charge < -0.3 is 4.98 Å². The Balaban J connectivity index is 1.89. The zero-order valence-electron chi connectivity index (χ0n) is 10.4. The maximum absolute atomic E-state index is 12.1. The van der Waals surface area contributed by atoms with Crippen LogP contribution in [0.3, 0.4) is 0 Å². The first kappa shape index (κ1) is 11.3. The van der Waals surface area contributed by atoms with E-state index in [4.69, 9.17) is 4.84 Å². The summed E-state index contributed by atoms with van der Waals surface area (Å²) in [4.78, 5) is 20.7. The van der Waals surface area contributed by atoms with Gasteiger partial charge >= 0.3 is 0 Å². The number of aromatic nitrogens is 1. The lowest BCUT2D eigenvalue weighted by atomic mass is 10.1. The number of amides is 1. The Labute approximate surface area is 105 Å². The van der Waals surface area contributed by atoms with E-state index in [2.05, 4.69) is 4.98 Å². The van der Waals surface area contributed by atoms with E-state index in [1.165, 1.54) is 5.06 Å². The molecule has 4 heteroatoms. The Bertz CT molecular complexity index is 582. The number of rotatable bonds is 2. The number of benzene rings is 1. The lowest BCUT2D eigenvalue weighted by Gasteiger charge is -2.13. The van der Waals surface area contributed by atoms with Gasteiger partial charge in [-0.2, -0.15) is 0 Å². The number of H-pyrrole nitrogens is 1. The Kier molecular flexibility index (Phi) is 2.80. The van der Waals surface area contributed by atoms with E-state index in [0.29, 0.717) is 19.6 Å². The average molecular weight is 244 g/mol. The molecule has 1 saturated heterocycles. The largest absolute Gasteiger partial charge is 0.358 e. The number of para-hydroxylation sites is 1. The highest BCUT2D eigenvalue weighted by molar-refractivity contribution is 5.89. The minimum Gasteiger partial charge on any atom is -0.358 e. The normalized spacial score (nSPS) is 15.5. The topological polar surface area (TPSA) is 45.3 Å². The van der Waals surface area contributed by atoms with Gasteiger partial charge in [-0.3, -0.25) is 9.63 Å². The zero-order valence-corrected chi connectivity index (χ0v) is 10.4. The molecule has 4 nitrogen and oxygen atoms in total. The molecule has 3 rings (SSSR count). The molecule has 1 aromatic heterocycles. The molecule has 1 fully saturated rings. The molecule has 94 valence electrons. The van der Waals surface area contributed by atoms with Crippen LogP contribution in [0.4, 0.5) is 0 Å². The number of carbonyl (C=O) groups is 1. The third-order valence-corrected chi connectivity index (χ3v) is 3.39. The zero-order chi connectivity index (χ0) is 12.5. The summed E-state index contributed by atoms with van der Waals surface area (Å²) in [5.74, 6) is 0.0420. The molecule has 1 aliphatic heterocycles. The van der Waals surface area contributed by atoms with Gasteiger partial charge in [0.15, 0.2) is 0 Å². The predicted octanol–water partition coefficient (Wildman–Crippen LogP) is 2.18. The number of aryl methyl sites for hydroxylation is 1. The van der Waals surface area contributed by atoms with Crippen LogP contribution < -0.4 is 0 Å². The fraction of sp³-hybridized carbons (Fsp3) is 0.357. The summed E-state index contributed by atoms with van der Waals surface area (Å²) in [7, 11) is 0. The molecular formula is C14H16N2O2. The first-order valence-corrected chi connectivity index (χ1v) is 6.25. The Morgan fingerprint density at radius 3 is 3.06 bits per heavy atom. The molecule has 1 aromatic carbocycles. The highest BCUT2D eigenvalue weighted by Crippen LogP contribution is 2.23. The Morgan fingerprint density at radius 1 is 1.44 bits per heavy atom. The SMILES string of the molecule is Cc1[nH]c2ccccc2c1CC(=O)N1CCCO1. The number of hydrogen-bond acceptors (Lipinski definition) is 2. The molecule has 2 heterocycles. The van der Waals surface area contributed by atoms with E-state index in [0.717, 1.165) is 28.6 Å². The second-order valence-corrected chi connectivity index (χ2v) is 4.63. The summed E-state index contributed by atoms with van der Waals surface area (Å²) in [5, 5.41) is 2.61. The van der Waals surface area contributed by atoms with Crippen molar-refractivity contribution in [3.05, 3.63) is 35.5 Å². The van der Waals surface area contributed by atoms with Crippen LogP contribution in [0.25, 0.3) is 10.9 Å². The highest BCUT2D eigenvalue weighted by Gasteiger charge is 2.21. The van der Waals surface area contributed by atoms with E-state index in [1.807, 2.05) is 31.2 Å². The first-order chi connectivity index (χ1) is 8.75. The Hall–Kier alpha value is -1.81. The van der Waals surface area contributed by atoms with Gasteiger partial charge in [0.2, 0.25) is 0 Å². The number of hydrogen-bond donors (Lipinski definition) is 1. The molecule has 1 amide bonds. The molecule has 0 unspecified atom stereocenters.